The molecule has 0 aromatic carbocycles. The van der Waals surface area contributed by atoms with Crippen LogP contribution in [0.2, 0.25) is 0 Å². The Bertz CT molecular complexity index is 363. The summed E-state index contributed by atoms with van der Waals surface area (Å²) in [4.78, 5) is 11.3. The van der Waals surface area contributed by atoms with Gasteiger partial charge < -0.3 is 0 Å². The summed E-state index contributed by atoms with van der Waals surface area (Å²) >= 11 is 0. The molecule has 1 aliphatic heterocycles. The van der Waals surface area contributed by atoms with E-state index >= 15 is 0 Å². The number of ketones is 1. The van der Waals surface area contributed by atoms with Crippen LogP contribution in [-0.4, -0.2) is 49.0 Å². The lowest BCUT2D eigenvalue weighted by atomic mass is 9.96. The third kappa shape index (κ3) is 3.26. The van der Waals surface area contributed by atoms with E-state index in [1.54, 1.807) is 0 Å². The summed E-state index contributed by atoms with van der Waals surface area (Å²) < 4.78 is 27.4. The number of Topliss-reactive ketones (excluding diaryl/α,β-unsaturated/α-hetero) is 1. The van der Waals surface area contributed by atoms with Crippen LogP contribution in [0.25, 0.3) is 0 Å². The van der Waals surface area contributed by atoms with Crippen LogP contribution in [-0.2, 0) is 15.0 Å². The average molecular weight is 262 g/mol. The predicted molar refractivity (Wildman–Crippen MR) is 66.8 cm³/mol. The number of carbonyl (C=O) groups excluding carboxylic acids is 1. The van der Waals surface area contributed by atoms with Crippen molar-refractivity contribution < 1.29 is 13.2 Å². The number of hydrogen-bond acceptors (Lipinski definition) is 3. The van der Waals surface area contributed by atoms with Gasteiger partial charge in [-0.15, -0.1) is 0 Å². The minimum atomic E-state index is -3.38. The van der Waals surface area contributed by atoms with Crippen molar-refractivity contribution in [1.82, 2.24) is 8.61 Å². The van der Waals surface area contributed by atoms with E-state index in [0.29, 0.717) is 26.2 Å². The highest BCUT2D eigenvalue weighted by atomic mass is 32.2. The van der Waals surface area contributed by atoms with Gasteiger partial charge in [-0.25, -0.2) is 0 Å². The molecule has 0 radical (unpaired) electrons. The van der Waals surface area contributed by atoms with Gasteiger partial charge >= 0.3 is 0 Å². The van der Waals surface area contributed by atoms with Crippen LogP contribution in [0.4, 0.5) is 0 Å². The van der Waals surface area contributed by atoms with Gasteiger partial charge in [-0.1, -0.05) is 13.8 Å². The minimum absolute atomic E-state index is 0.0875. The van der Waals surface area contributed by atoms with Gasteiger partial charge in [-0.3, -0.25) is 4.79 Å². The van der Waals surface area contributed by atoms with Gasteiger partial charge in [0.25, 0.3) is 10.2 Å². The Kier molecular flexibility index (Phi) is 5.09. The van der Waals surface area contributed by atoms with E-state index in [0.717, 1.165) is 12.8 Å². The van der Waals surface area contributed by atoms with Gasteiger partial charge in [0.15, 0.2) is 0 Å². The second-order valence-electron chi connectivity index (χ2n) is 4.40. The van der Waals surface area contributed by atoms with E-state index in [1.165, 1.54) is 15.5 Å². The lowest BCUT2D eigenvalue weighted by Crippen LogP contribution is -2.48. The quantitative estimate of drug-likeness (QED) is 0.739. The van der Waals surface area contributed by atoms with Crippen molar-refractivity contribution in [2.24, 2.45) is 5.92 Å². The molecule has 5 nitrogen and oxygen atoms in total. The molecule has 1 heterocycles. The molecule has 1 unspecified atom stereocenters. The smallest absolute Gasteiger partial charge is 0.281 e. The standard InChI is InChI=1S/C11H22N2O3S/c1-4-12(5-2)17(15,16)13-8-6-7-11(9-13)10(3)14/h11H,4-9H2,1-3H3. The third-order valence-electron chi connectivity index (χ3n) is 3.32. The molecule has 1 fully saturated rings. The molecule has 0 spiro atoms. The van der Waals surface area contributed by atoms with Crippen LogP contribution in [0.1, 0.15) is 33.6 Å². The molecule has 0 aliphatic carbocycles. The Hall–Kier alpha value is -0.460. The maximum Gasteiger partial charge on any atom is 0.281 e. The first kappa shape index (κ1) is 14.6. The molecule has 1 rings (SSSR count). The Morgan fingerprint density at radius 3 is 2.41 bits per heavy atom. The predicted octanol–water partition coefficient (Wildman–Crippen LogP) is 0.874. The molecule has 0 aromatic heterocycles. The van der Waals surface area contributed by atoms with E-state index in [4.69, 9.17) is 0 Å². The first-order chi connectivity index (χ1) is 7.93. The summed E-state index contributed by atoms with van der Waals surface area (Å²) in [6.07, 6.45) is 1.57. The van der Waals surface area contributed by atoms with Gasteiger partial charge in [-0.05, 0) is 19.8 Å². The van der Waals surface area contributed by atoms with Crippen LogP contribution < -0.4 is 0 Å². The van der Waals surface area contributed by atoms with Crippen molar-refractivity contribution in [3.8, 4) is 0 Å². The molecule has 1 atom stereocenters. The lowest BCUT2D eigenvalue weighted by Gasteiger charge is -2.34. The van der Waals surface area contributed by atoms with Crippen LogP contribution in [0.3, 0.4) is 0 Å². The normalized spacial score (nSPS) is 22.9. The van der Waals surface area contributed by atoms with Crippen molar-refractivity contribution in [3.05, 3.63) is 0 Å². The monoisotopic (exact) mass is 262 g/mol. The van der Waals surface area contributed by atoms with E-state index in [-0.39, 0.29) is 11.7 Å². The second-order valence-corrected chi connectivity index (χ2v) is 6.33. The van der Waals surface area contributed by atoms with E-state index in [1.807, 2.05) is 13.8 Å². The van der Waals surface area contributed by atoms with Crippen LogP contribution >= 0.6 is 0 Å². The molecule has 0 amide bonds. The molecule has 0 saturated carbocycles. The molecular formula is C11H22N2O3S. The Balaban J connectivity index is 2.81. The fraction of sp³-hybridized carbons (Fsp3) is 0.909. The van der Waals surface area contributed by atoms with E-state index in [2.05, 4.69) is 0 Å². The summed E-state index contributed by atoms with van der Waals surface area (Å²) in [7, 11) is -3.38. The fourth-order valence-corrected chi connectivity index (χ4v) is 3.90. The summed E-state index contributed by atoms with van der Waals surface area (Å²) in [5, 5.41) is 0. The van der Waals surface area contributed by atoms with E-state index in [9.17, 15) is 13.2 Å². The summed E-state index contributed by atoms with van der Waals surface area (Å²) in [5.41, 5.74) is 0. The first-order valence-corrected chi connectivity index (χ1v) is 7.58. The topological polar surface area (TPSA) is 57.7 Å². The molecule has 17 heavy (non-hydrogen) atoms. The summed E-state index contributed by atoms with van der Waals surface area (Å²) in [5.74, 6) is -0.0430. The molecule has 0 bridgehead atoms. The van der Waals surface area contributed by atoms with Crippen molar-refractivity contribution >= 4 is 16.0 Å². The molecular weight excluding hydrogens is 240 g/mol. The number of rotatable bonds is 5. The third-order valence-corrected chi connectivity index (χ3v) is 5.47. The maximum atomic E-state index is 12.3. The fourth-order valence-electron chi connectivity index (χ4n) is 2.20. The molecule has 1 aliphatic rings. The summed E-state index contributed by atoms with van der Waals surface area (Å²) in [6, 6.07) is 0. The van der Waals surface area contributed by atoms with Crippen LogP contribution in [0, 0.1) is 5.92 Å². The summed E-state index contributed by atoms with van der Waals surface area (Å²) in [6.45, 7) is 7.01. The molecule has 6 heteroatoms. The van der Waals surface area contributed by atoms with Crippen molar-refractivity contribution in [3.63, 3.8) is 0 Å². The zero-order valence-corrected chi connectivity index (χ0v) is 11.7. The molecule has 0 N–H and O–H groups in total. The zero-order valence-electron chi connectivity index (χ0n) is 10.8. The van der Waals surface area contributed by atoms with Gasteiger partial charge in [0, 0.05) is 32.1 Å². The lowest BCUT2D eigenvalue weighted by molar-refractivity contribution is -0.121. The number of piperidine rings is 1. The first-order valence-electron chi connectivity index (χ1n) is 6.19. The minimum Gasteiger partial charge on any atom is -0.300 e. The Morgan fingerprint density at radius 1 is 1.35 bits per heavy atom. The second kappa shape index (κ2) is 5.93. The number of carbonyl (C=O) groups is 1. The largest absolute Gasteiger partial charge is 0.300 e. The van der Waals surface area contributed by atoms with Gasteiger partial charge in [0.05, 0.1) is 0 Å². The maximum absolute atomic E-state index is 12.3. The van der Waals surface area contributed by atoms with Crippen molar-refractivity contribution in [2.75, 3.05) is 26.2 Å². The van der Waals surface area contributed by atoms with Crippen LogP contribution in [0.15, 0.2) is 0 Å². The van der Waals surface area contributed by atoms with Gasteiger partial charge in [0.1, 0.15) is 5.78 Å². The molecule has 0 aromatic rings. The number of nitrogens with zero attached hydrogens (tertiary/aromatic N) is 2. The average Bonchev–Trinajstić information content (AvgIpc) is 2.30. The number of hydrogen-bond donors (Lipinski definition) is 0. The zero-order chi connectivity index (χ0) is 13.1. The van der Waals surface area contributed by atoms with Gasteiger partial charge in [-0.2, -0.15) is 17.0 Å². The Morgan fingerprint density at radius 2 is 1.94 bits per heavy atom. The van der Waals surface area contributed by atoms with E-state index < -0.39 is 10.2 Å². The highest BCUT2D eigenvalue weighted by molar-refractivity contribution is 7.86. The van der Waals surface area contributed by atoms with Crippen LogP contribution in [0.5, 0.6) is 0 Å². The van der Waals surface area contributed by atoms with Gasteiger partial charge in [0.2, 0.25) is 0 Å². The Labute approximate surface area is 104 Å². The molecule has 1 saturated heterocycles. The van der Waals surface area contributed by atoms with Crippen molar-refractivity contribution in [1.29, 1.82) is 0 Å². The van der Waals surface area contributed by atoms with Crippen molar-refractivity contribution in [2.45, 2.75) is 33.6 Å². The highest BCUT2D eigenvalue weighted by Crippen LogP contribution is 2.21. The SMILES string of the molecule is CCN(CC)S(=O)(=O)N1CCCC(C(C)=O)C1. The highest BCUT2D eigenvalue weighted by Gasteiger charge is 2.33. The molecule has 100 valence electrons.